The maximum atomic E-state index is 12.9. The molecule has 2 N–H and O–H groups in total. The van der Waals surface area contributed by atoms with Crippen LogP contribution in [0.4, 0.5) is 10.1 Å². The molecule has 0 unspecified atom stereocenters. The number of carbonyl (C=O) groups excluding carboxylic acids is 1. The van der Waals surface area contributed by atoms with Crippen molar-refractivity contribution in [1.82, 2.24) is 5.32 Å². The van der Waals surface area contributed by atoms with Crippen LogP contribution in [-0.2, 0) is 4.79 Å². The van der Waals surface area contributed by atoms with Crippen LogP contribution < -0.4 is 19.9 Å². The van der Waals surface area contributed by atoms with E-state index in [0.29, 0.717) is 12.3 Å². The molecular formula is C22H29FN3O2+. The summed E-state index contributed by atoms with van der Waals surface area (Å²) < 4.78 is 18.4. The number of amides is 1. The van der Waals surface area contributed by atoms with Gasteiger partial charge in [-0.05, 0) is 36.4 Å². The molecule has 1 heterocycles. The van der Waals surface area contributed by atoms with Crippen LogP contribution in [0.3, 0.4) is 0 Å². The van der Waals surface area contributed by atoms with Gasteiger partial charge in [0.1, 0.15) is 17.6 Å². The Labute approximate surface area is 166 Å². The third-order valence-electron chi connectivity index (χ3n) is 5.24. The second-order valence-electron chi connectivity index (χ2n) is 7.45. The molecule has 0 bridgehead atoms. The molecule has 0 aliphatic carbocycles. The number of rotatable bonds is 8. The predicted octanol–water partition coefficient (Wildman–Crippen LogP) is 1.81. The van der Waals surface area contributed by atoms with E-state index in [1.807, 2.05) is 14.1 Å². The number of carbonyl (C=O) groups is 1. The normalized spacial score (nSPS) is 15.2. The van der Waals surface area contributed by atoms with Crippen molar-refractivity contribution in [2.45, 2.75) is 18.9 Å². The summed E-state index contributed by atoms with van der Waals surface area (Å²) in [6.07, 6.45) is 2.45. The van der Waals surface area contributed by atoms with Crippen LogP contribution in [0.1, 0.15) is 24.4 Å². The van der Waals surface area contributed by atoms with E-state index in [1.54, 1.807) is 0 Å². The fourth-order valence-corrected chi connectivity index (χ4v) is 3.63. The molecule has 28 heavy (non-hydrogen) atoms. The third kappa shape index (κ3) is 5.45. The lowest BCUT2D eigenvalue weighted by Gasteiger charge is -2.26. The third-order valence-corrected chi connectivity index (χ3v) is 5.24. The van der Waals surface area contributed by atoms with E-state index < -0.39 is 0 Å². The number of nitrogens with one attached hydrogen (secondary N) is 2. The van der Waals surface area contributed by atoms with Gasteiger partial charge in [-0.1, -0.05) is 12.1 Å². The standard InChI is InChI=1S/C22H28FN3O2/c1-25(2)19-9-5-17(6-10-19)21(26-13-3-4-14-26)15-24-22(27)16-28-20-11-7-18(23)8-12-20/h5-12,21H,3-4,13-16H2,1-2H3,(H,24,27)/p+1/t21-/m1/s1. The van der Waals surface area contributed by atoms with Gasteiger partial charge in [-0.15, -0.1) is 0 Å². The van der Waals surface area contributed by atoms with Crippen molar-refractivity contribution >= 4 is 11.6 Å². The summed E-state index contributed by atoms with van der Waals surface area (Å²) in [6, 6.07) is 14.5. The fourth-order valence-electron chi connectivity index (χ4n) is 3.63. The van der Waals surface area contributed by atoms with Crippen LogP contribution in [0.25, 0.3) is 0 Å². The molecule has 1 aliphatic heterocycles. The van der Waals surface area contributed by atoms with Gasteiger partial charge in [0, 0.05) is 38.2 Å². The Morgan fingerprint density at radius 3 is 2.36 bits per heavy atom. The highest BCUT2D eigenvalue weighted by Gasteiger charge is 2.27. The molecule has 0 saturated carbocycles. The molecule has 2 aromatic rings. The van der Waals surface area contributed by atoms with Crippen molar-refractivity contribution in [3.05, 3.63) is 59.9 Å². The molecule has 6 heteroatoms. The van der Waals surface area contributed by atoms with Crippen molar-refractivity contribution < 1.29 is 18.8 Å². The lowest BCUT2D eigenvalue weighted by Crippen LogP contribution is -3.11. The van der Waals surface area contributed by atoms with Crippen molar-refractivity contribution in [3.8, 4) is 5.75 Å². The maximum Gasteiger partial charge on any atom is 0.258 e. The molecule has 0 radical (unpaired) electrons. The summed E-state index contributed by atoms with van der Waals surface area (Å²) >= 11 is 0. The summed E-state index contributed by atoms with van der Waals surface area (Å²) in [7, 11) is 4.05. The molecule has 1 atom stereocenters. The van der Waals surface area contributed by atoms with Crippen LogP contribution >= 0.6 is 0 Å². The number of quaternary nitrogens is 1. The van der Waals surface area contributed by atoms with E-state index in [2.05, 4.69) is 34.5 Å². The monoisotopic (exact) mass is 386 g/mol. The Morgan fingerprint density at radius 2 is 1.75 bits per heavy atom. The number of anilines is 1. The summed E-state index contributed by atoms with van der Waals surface area (Å²) in [5.74, 6) is -0.0103. The number of ether oxygens (including phenoxy) is 1. The molecule has 5 nitrogen and oxygen atoms in total. The number of nitrogens with zero attached hydrogens (tertiary/aromatic N) is 1. The summed E-state index contributed by atoms with van der Waals surface area (Å²) in [5, 5.41) is 3.01. The Kier molecular flexibility index (Phi) is 6.87. The van der Waals surface area contributed by atoms with Crippen molar-refractivity contribution in [3.63, 3.8) is 0 Å². The summed E-state index contributed by atoms with van der Waals surface area (Å²) in [5.41, 5.74) is 2.40. The second-order valence-corrected chi connectivity index (χ2v) is 7.45. The average molecular weight is 386 g/mol. The highest BCUT2D eigenvalue weighted by atomic mass is 19.1. The Balaban J connectivity index is 1.58. The molecule has 150 valence electrons. The first-order valence-corrected chi connectivity index (χ1v) is 9.80. The molecular weight excluding hydrogens is 357 g/mol. The van der Waals surface area contributed by atoms with E-state index in [0.717, 1.165) is 18.8 Å². The first kappa shape index (κ1) is 20.1. The van der Waals surface area contributed by atoms with E-state index >= 15 is 0 Å². The summed E-state index contributed by atoms with van der Waals surface area (Å²) in [6.45, 7) is 2.75. The highest BCUT2D eigenvalue weighted by Crippen LogP contribution is 2.17. The maximum absolute atomic E-state index is 12.9. The number of hydrogen-bond acceptors (Lipinski definition) is 3. The molecule has 2 aromatic carbocycles. The summed E-state index contributed by atoms with van der Waals surface area (Å²) in [4.78, 5) is 15.8. The van der Waals surface area contributed by atoms with Crippen LogP contribution in [-0.4, -0.2) is 46.2 Å². The van der Waals surface area contributed by atoms with Crippen molar-refractivity contribution in [2.24, 2.45) is 0 Å². The lowest BCUT2D eigenvalue weighted by atomic mass is 10.0. The number of likely N-dealkylation sites (tertiary alicyclic amines) is 1. The predicted molar refractivity (Wildman–Crippen MR) is 108 cm³/mol. The minimum Gasteiger partial charge on any atom is -0.484 e. The first-order valence-electron chi connectivity index (χ1n) is 9.80. The lowest BCUT2D eigenvalue weighted by molar-refractivity contribution is -0.918. The highest BCUT2D eigenvalue weighted by molar-refractivity contribution is 5.77. The van der Waals surface area contributed by atoms with Crippen LogP contribution in [0.15, 0.2) is 48.5 Å². The van der Waals surface area contributed by atoms with E-state index in [1.165, 1.54) is 47.6 Å². The van der Waals surface area contributed by atoms with Gasteiger partial charge >= 0.3 is 0 Å². The van der Waals surface area contributed by atoms with Crippen LogP contribution in [0, 0.1) is 5.82 Å². The first-order chi connectivity index (χ1) is 13.5. The quantitative estimate of drug-likeness (QED) is 0.727. The van der Waals surface area contributed by atoms with Gasteiger partial charge in [0.05, 0.1) is 19.6 Å². The molecule has 1 amide bonds. The van der Waals surface area contributed by atoms with E-state index in [4.69, 9.17) is 4.74 Å². The zero-order chi connectivity index (χ0) is 19.9. The Morgan fingerprint density at radius 1 is 1.11 bits per heavy atom. The van der Waals surface area contributed by atoms with Gasteiger partial charge in [0.2, 0.25) is 0 Å². The topological polar surface area (TPSA) is 46.0 Å². The van der Waals surface area contributed by atoms with Gasteiger partial charge in [-0.3, -0.25) is 4.79 Å². The molecule has 0 spiro atoms. The van der Waals surface area contributed by atoms with E-state index in [9.17, 15) is 9.18 Å². The molecule has 1 saturated heterocycles. The molecule has 3 rings (SSSR count). The van der Waals surface area contributed by atoms with Crippen LogP contribution in [0.5, 0.6) is 5.75 Å². The van der Waals surface area contributed by atoms with Gasteiger partial charge in [-0.2, -0.15) is 0 Å². The number of halogens is 1. The number of benzene rings is 2. The smallest absolute Gasteiger partial charge is 0.258 e. The minimum atomic E-state index is -0.325. The van der Waals surface area contributed by atoms with Crippen LogP contribution in [0.2, 0.25) is 0 Å². The number of hydrogen-bond donors (Lipinski definition) is 2. The minimum absolute atomic E-state index is 0.0761. The Bertz CT molecular complexity index is 756. The SMILES string of the molecule is CN(C)c1ccc([C@@H](CNC(=O)COc2ccc(F)cc2)[NH+]2CCCC2)cc1. The average Bonchev–Trinajstić information content (AvgIpc) is 3.22. The van der Waals surface area contributed by atoms with Crippen molar-refractivity contribution in [1.29, 1.82) is 0 Å². The molecule has 1 aliphatic rings. The van der Waals surface area contributed by atoms with Gasteiger partial charge in [0.15, 0.2) is 6.61 Å². The van der Waals surface area contributed by atoms with Gasteiger partial charge in [0.25, 0.3) is 5.91 Å². The Hall–Kier alpha value is -2.60. The zero-order valence-electron chi connectivity index (χ0n) is 16.6. The zero-order valence-corrected chi connectivity index (χ0v) is 16.6. The van der Waals surface area contributed by atoms with Gasteiger partial charge < -0.3 is 19.9 Å². The molecule has 1 fully saturated rings. The fraction of sp³-hybridized carbons (Fsp3) is 0.409. The largest absolute Gasteiger partial charge is 0.484 e. The molecule has 0 aromatic heterocycles. The second kappa shape index (κ2) is 9.55. The van der Waals surface area contributed by atoms with Crippen molar-refractivity contribution in [2.75, 3.05) is 45.2 Å². The van der Waals surface area contributed by atoms with E-state index in [-0.39, 0.29) is 24.4 Å². The van der Waals surface area contributed by atoms with Gasteiger partial charge in [-0.25, -0.2) is 4.39 Å².